The fourth-order valence-corrected chi connectivity index (χ4v) is 5.45. The van der Waals surface area contributed by atoms with Gasteiger partial charge in [0.05, 0.1) is 30.1 Å². The number of carbonyl (C=O) groups excluding carboxylic acids is 1. The normalized spacial score (nSPS) is 15.3. The Morgan fingerprint density at radius 2 is 1.56 bits per heavy atom. The van der Waals surface area contributed by atoms with E-state index in [0.717, 1.165) is 0 Å². The van der Waals surface area contributed by atoms with E-state index in [2.05, 4.69) is 10.0 Å². The van der Waals surface area contributed by atoms with Crippen LogP contribution in [0, 0.1) is 0 Å². The maximum absolute atomic E-state index is 12.6. The molecule has 10 nitrogen and oxygen atoms in total. The van der Waals surface area contributed by atoms with Gasteiger partial charge in [-0.3, -0.25) is 4.79 Å². The zero-order chi connectivity index (χ0) is 23.2. The standard InChI is InChI=1S/C20H25N3O7S2/c1-29-17-4-8-18(9-5-17)31(25,26)21-11-10-20(24)22-16-2-6-19(7-3-16)32(27,28)23-12-14-30-15-13-23/h2-9,21H,10-15H2,1H3,(H,22,24). The number of ether oxygens (including phenoxy) is 2. The summed E-state index contributed by atoms with van der Waals surface area (Å²) < 4.78 is 63.7. The van der Waals surface area contributed by atoms with E-state index in [4.69, 9.17) is 9.47 Å². The molecule has 12 heteroatoms. The van der Waals surface area contributed by atoms with Crippen LogP contribution in [0.1, 0.15) is 6.42 Å². The Morgan fingerprint density at radius 1 is 0.969 bits per heavy atom. The Bertz CT molecular complexity index is 1130. The van der Waals surface area contributed by atoms with Gasteiger partial charge in [0, 0.05) is 31.7 Å². The third-order valence-corrected chi connectivity index (χ3v) is 8.15. The first-order valence-corrected chi connectivity index (χ1v) is 12.8. The van der Waals surface area contributed by atoms with Gasteiger partial charge in [-0.1, -0.05) is 0 Å². The second-order valence-electron chi connectivity index (χ2n) is 6.91. The molecular formula is C20H25N3O7S2. The number of methoxy groups -OCH3 is 1. The molecule has 0 bridgehead atoms. The molecule has 0 aliphatic carbocycles. The summed E-state index contributed by atoms with van der Waals surface area (Å²) >= 11 is 0. The van der Waals surface area contributed by atoms with Crippen molar-refractivity contribution in [3.63, 3.8) is 0 Å². The van der Waals surface area contributed by atoms with Crippen molar-refractivity contribution in [2.24, 2.45) is 0 Å². The number of hydrogen-bond donors (Lipinski definition) is 2. The average molecular weight is 484 g/mol. The van der Waals surface area contributed by atoms with Crippen molar-refractivity contribution in [2.75, 3.05) is 45.3 Å². The smallest absolute Gasteiger partial charge is 0.243 e. The molecule has 1 saturated heterocycles. The molecule has 0 unspecified atom stereocenters. The Morgan fingerprint density at radius 3 is 2.16 bits per heavy atom. The van der Waals surface area contributed by atoms with Gasteiger partial charge in [-0.25, -0.2) is 21.6 Å². The number of nitrogens with zero attached hydrogens (tertiary/aromatic N) is 1. The third-order valence-electron chi connectivity index (χ3n) is 4.76. The van der Waals surface area contributed by atoms with E-state index >= 15 is 0 Å². The zero-order valence-corrected chi connectivity index (χ0v) is 19.1. The van der Waals surface area contributed by atoms with Gasteiger partial charge >= 0.3 is 0 Å². The second kappa shape index (κ2) is 10.4. The van der Waals surface area contributed by atoms with E-state index in [-0.39, 0.29) is 22.8 Å². The lowest BCUT2D eigenvalue weighted by Gasteiger charge is -2.26. The largest absolute Gasteiger partial charge is 0.497 e. The highest BCUT2D eigenvalue weighted by Crippen LogP contribution is 2.20. The highest BCUT2D eigenvalue weighted by Gasteiger charge is 2.26. The van der Waals surface area contributed by atoms with Crippen LogP contribution in [0.4, 0.5) is 5.69 Å². The van der Waals surface area contributed by atoms with Gasteiger partial charge in [-0.2, -0.15) is 4.31 Å². The fourth-order valence-electron chi connectivity index (χ4n) is 3.01. The molecule has 2 N–H and O–H groups in total. The molecule has 1 aliphatic rings. The van der Waals surface area contributed by atoms with Gasteiger partial charge in [0.25, 0.3) is 0 Å². The number of amides is 1. The number of nitrogens with one attached hydrogen (secondary N) is 2. The lowest BCUT2D eigenvalue weighted by atomic mass is 10.3. The van der Waals surface area contributed by atoms with E-state index < -0.39 is 26.0 Å². The van der Waals surface area contributed by atoms with Crippen molar-refractivity contribution in [1.29, 1.82) is 0 Å². The molecular weight excluding hydrogens is 458 g/mol. The summed E-state index contributed by atoms with van der Waals surface area (Å²) in [6.07, 6.45) is -0.0940. The van der Waals surface area contributed by atoms with Crippen LogP contribution in [-0.2, 0) is 29.6 Å². The first kappa shape index (κ1) is 24.1. The number of anilines is 1. The second-order valence-corrected chi connectivity index (χ2v) is 10.6. The van der Waals surface area contributed by atoms with Crippen LogP contribution in [-0.4, -0.2) is 67.0 Å². The lowest BCUT2D eigenvalue weighted by molar-refractivity contribution is -0.116. The van der Waals surface area contributed by atoms with Crippen molar-refractivity contribution in [1.82, 2.24) is 9.03 Å². The highest BCUT2D eigenvalue weighted by molar-refractivity contribution is 7.89. The summed E-state index contributed by atoms with van der Waals surface area (Å²) in [5.41, 5.74) is 0.411. The molecule has 0 spiro atoms. The van der Waals surface area contributed by atoms with Gasteiger partial charge in [-0.15, -0.1) is 0 Å². The van der Waals surface area contributed by atoms with Gasteiger partial charge < -0.3 is 14.8 Å². The Kier molecular flexibility index (Phi) is 7.85. The summed E-state index contributed by atoms with van der Waals surface area (Å²) in [6, 6.07) is 11.7. The zero-order valence-electron chi connectivity index (χ0n) is 17.5. The summed E-state index contributed by atoms with van der Waals surface area (Å²) in [4.78, 5) is 12.3. The van der Waals surface area contributed by atoms with Crippen LogP contribution in [0.3, 0.4) is 0 Å². The van der Waals surface area contributed by atoms with Gasteiger partial charge in [0.2, 0.25) is 26.0 Å². The van der Waals surface area contributed by atoms with Crippen LogP contribution in [0.2, 0.25) is 0 Å². The molecule has 2 aromatic rings. The van der Waals surface area contributed by atoms with Crippen molar-refractivity contribution in [2.45, 2.75) is 16.2 Å². The Hall–Kier alpha value is -2.51. The minimum Gasteiger partial charge on any atom is -0.497 e. The maximum atomic E-state index is 12.6. The fraction of sp³-hybridized carbons (Fsp3) is 0.350. The average Bonchev–Trinajstić information content (AvgIpc) is 2.80. The van der Waals surface area contributed by atoms with Crippen LogP contribution in [0.15, 0.2) is 58.3 Å². The van der Waals surface area contributed by atoms with Crippen molar-refractivity contribution >= 4 is 31.6 Å². The van der Waals surface area contributed by atoms with Gasteiger partial charge in [-0.05, 0) is 48.5 Å². The first-order valence-electron chi connectivity index (χ1n) is 9.84. The third kappa shape index (κ3) is 6.04. The summed E-state index contributed by atoms with van der Waals surface area (Å²) in [5, 5.41) is 2.62. The molecule has 1 aliphatic heterocycles. The van der Waals surface area contributed by atoms with Crippen molar-refractivity contribution in [3.05, 3.63) is 48.5 Å². The quantitative estimate of drug-likeness (QED) is 0.544. The monoisotopic (exact) mass is 483 g/mol. The summed E-state index contributed by atoms with van der Waals surface area (Å²) in [7, 11) is -5.88. The van der Waals surface area contributed by atoms with Crippen LogP contribution in [0.25, 0.3) is 0 Å². The number of hydrogen-bond acceptors (Lipinski definition) is 7. The molecule has 1 amide bonds. The number of sulfonamides is 2. The molecule has 0 atom stereocenters. The number of carbonyl (C=O) groups is 1. The molecule has 0 radical (unpaired) electrons. The molecule has 3 rings (SSSR count). The lowest BCUT2D eigenvalue weighted by Crippen LogP contribution is -2.40. The number of benzene rings is 2. The molecule has 0 saturated carbocycles. The van der Waals surface area contributed by atoms with Crippen LogP contribution >= 0.6 is 0 Å². The minimum absolute atomic E-state index is 0.0655. The van der Waals surface area contributed by atoms with Gasteiger partial charge in [0.1, 0.15) is 5.75 Å². The van der Waals surface area contributed by atoms with E-state index in [9.17, 15) is 21.6 Å². The van der Waals surface area contributed by atoms with Gasteiger partial charge in [0.15, 0.2) is 0 Å². The van der Waals surface area contributed by atoms with Crippen molar-refractivity contribution in [3.8, 4) is 5.75 Å². The maximum Gasteiger partial charge on any atom is 0.243 e. The molecule has 1 fully saturated rings. The van der Waals surface area contributed by atoms with Crippen LogP contribution < -0.4 is 14.8 Å². The summed E-state index contributed by atoms with van der Waals surface area (Å²) in [6.45, 7) is 1.22. The molecule has 2 aromatic carbocycles. The molecule has 1 heterocycles. The SMILES string of the molecule is COc1ccc(S(=O)(=O)NCCC(=O)Nc2ccc(S(=O)(=O)N3CCOCC3)cc2)cc1. The predicted molar refractivity (Wildman–Crippen MR) is 117 cm³/mol. The topological polar surface area (TPSA) is 131 Å². The van der Waals surface area contributed by atoms with E-state index in [1.807, 2.05) is 0 Å². The Labute approximate surface area is 187 Å². The summed E-state index contributed by atoms with van der Waals surface area (Å²) in [5.74, 6) is 0.123. The number of rotatable bonds is 9. The van der Waals surface area contributed by atoms with Crippen molar-refractivity contribution < 1.29 is 31.1 Å². The molecule has 0 aromatic heterocycles. The highest BCUT2D eigenvalue weighted by atomic mass is 32.2. The van der Waals surface area contributed by atoms with Crippen LogP contribution in [0.5, 0.6) is 5.75 Å². The first-order chi connectivity index (χ1) is 15.2. The van der Waals surface area contributed by atoms with E-state index in [1.165, 1.54) is 59.9 Å². The van der Waals surface area contributed by atoms with E-state index in [1.54, 1.807) is 0 Å². The number of morpholine rings is 1. The van der Waals surface area contributed by atoms with E-state index in [0.29, 0.717) is 37.7 Å². The minimum atomic E-state index is -3.75. The Balaban J connectivity index is 1.51. The molecule has 32 heavy (non-hydrogen) atoms. The molecule has 174 valence electrons. The predicted octanol–water partition coefficient (Wildman–Crippen LogP) is 1.02.